The van der Waals surface area contributed by atoms with Crippen LogP contribution in [0.2, 0.25) is 0 Å². The Bertz CT molecular complexity index is 655. The van der Waals surface area contributed by atoms with Crippen LogP contribution < -0.4 is 5.73 Å². The maximum Gasteiger partial charge on any atom is 0.355 e. The van der Waals surface area contributed by atoms with Gasteiger partial charge in [-0.2, -0.15) is 0 Å². The van der Waals surface area contributed by atoms with Gasteiger partial charge in [-0.1, -0.05) is 19.1 Å². The predicted molar refractivity (Wildman–Crippen MR) is 82.4 cm³/mol. The lowest BCUT2D eigenvalue weighted by Crippen LogP contribution is -2.12. The van der Waals surface area contributed by atoms with E-state index >= 15 is 0 Å². The molecule has 0 atom stereocenters. The van der Waals surface area contributed by atoms with Crippen LogP contribution in [0.25, 0.3) is 0 Å². The fourth-order valence-electron chi connectivity index (χ4n) is 2.01. The molecule has 0 saturated carbocycles. The van der Waals surface area contributed by atoms with E-state index in [1.54, 1.807) is 29.0 Å². The summed E-state index contributed by atoms with van der Waals surface area (Å²) in [5.74, 6) is -0.863. The van der Waals surface area contributed by atoms with Crippen LogP contribution in [0.5, 0.6) is 0 Å². The first-order valence-electron chi connectivity index (χ1n) is 6.58. The summed E-state index contributed by atoms with van der Waals surface area (Å²) in [5, 5.41) is 0. The van der Waals surface area contributed by atoms with Crippen molar-refractivity contribution < 1.29 is 13.9 Å². The van der Waals surface area contributed by atoms with E-state index in [0.717, 1.165) is 6.42 Å². The van der Waals surface area contributed by atoms with Gasteiger partial charge in [0.05, 0.1) is 10.2 Å². The molecule has 0 unspecified atom stereocenters. The quantitative estimate of drug-likeness (QED) is 0.832. The van der Waals surface area contributed by atoms with Crippen molar-refractivity contribution in [1.82, 2.24) is 4.57 Å². The number of anilines is 1. The molecular formula is C15H16BrFN2O2. The third kappa shape index (κ3) is 3.64. The first-order chi connectivity index (χ1) is 10.0. The van der Waals surface area contributed by atoms with Crippen LogP contribution in [0.3, 0.4) is 0 Å². The van der Waals surface area contributed by atoms with Crippen molar-refractivity contribution in [3.63, 3.8) is 0 Å². The molecule has 0 bridgehead atoms. The molecule has 1 heterocycles. The molecule has 0 saturated heterocycles. The first-order valence-corrected chi connectivity index (χ1v) is 7.38. The number of hydrogen-bond acceptors (Lipinski definition) is 3. The summed E-state index contributed by atoms with van der Waals surface area (Å²) in [5.41, 5.74) is 7.21. The second-order valence-electron chi connectivity index (χ2n) is 4.64. The number of halogens is 2. The molecule has 0 radical (unpaired) electrons. The summed E-state index contributed by atoms with van der Waals surface area (Å²) in [6.07, 6.45) is 2.59. The minimum absolute atomic E-state index is 0.00557. The summed E-state index contributed by atoms with van der Waals surface area (Å²) in [7, 11) is 0. The van der Waals surface area contributed by atoms with Crippen molar-refractivity contribution in [3.8, 4) is 0 Å². The molecule has 0 aliphatic rings. The van der Waals surface area contributed by atoms with Crippen molar-refractivity contribution >= 4 is 27.6 Å². The van der Waals surface area contributed by atoms with Gasteiger partial charge in [0.15, 0.2) is 0 Å². The van der Waals surface area contributed by atoms with Gasteiger partial charge in [0, 0.05) is 18.3 Å². The lowest BCUT2D eigenvalue weighted by Gasteiger charge is -2.09. The molecule has 2 rings (SSSR count). The number of ether oxygens (including phenoxy) is 1. The number of aryl methyl sites for hydroxylation is 1. The van der Waals surface area contributed by atoms with Crippen LogP contribution in [0, 0.1) is 5.82 Å². The van der Waals surface area contributed by atoms with Crippen LogP contribution in [0.1, 0.15) is 29.4 Å². The summed E-state index contributed by atoms with van der Waals surface area (Å²) < 4.78 is 20.7. The molecule has 0 spiro atoms. The molecule has 0 amide bonds. The van der Waals surface area contributed by atoms with Crippen LogP contribution in [-0.2, 0) is 17.9 Å². The lowest BCUT2D eigenvalue weighted by molar-refractivity contribution is 0.0458. The zero-order valence-corrected chi connectivity index (χ0v) is 13.2. The van der Waals surface area contributed by atoms with Gasteiger partial charge in [-0.05, 0) is 34.5 Å². The van der Waals surface area contributed by atoms with Gasteiger partial charge in [0.1, 0.15) is 18.1 Å². The SMILES string of the molecule is CCCn1cc(N)cc1C(=O)OCc1cccc(F)c1Br. The van der Waals surface area contributed by atoms with Crippen molar-refractivity contribution in [2.75, 3.05) is 5.73 Å². The molecule has 0 aliphatic carbocycles. The summed E-state index contributed by atoms with van der Waals surface area (Å²) in [6.45, 7) is 2.69. The molecular weight excluding hydrogens is 339 g/mol. The number of nitrogens with two attached hydrogens (primary N) is 1. The smallest absolute Gasteiger partial charge is 0.355 e. The standard InChI is InChI=1S/C15H16BrFN2O2/c1-2-6-19-8-11(18)7-13(19)15(20)21-9-10-4-3-5-12(17)14(10)16/h3-5,7-8H,2,6,9,18H2,1H3. The molecule has 2 N–H and O–H groups in total. The highest BCUT2D eigenvalue weighted by Crippen LogP contribution is 2.22. The van der Waals surface area contributed by atoms with Gasteiger partial charge in [-0.15, -0.1) is 0 Å². The number of carbonyl (C=O) groups excluding carboxylic acids is 1. The van der Waals surface area contributed by atoms with Gasteiger partial charge >= 0.3 is 5.97 Å². The van der Waals surface area contributed by atoms with E-state index in [1.165, 1.54) is 6.07 Å². The highest BCUT2D eigenvalue weighted by Gasteiger charge is 2.15. The van der Waals surface area contributed by atoms with Gasteiger partial charge < -0.3 is 15.0 Å². The number of carbonyl (C=O) groups is 1. The summed E-state index contributed by atoms with van der Waals surface area (Å²) in [4.78, 5) is 12.1. The number of esters is 1. The largest absolute Gasteiger partial charge is 0.456 e. The summed E-state index contributed by atoms with van der Waals surface area (Å²) in [6, 6.07) is 6.18. The van der Waals surface area contributed by atoms with E-state index < -0.39 is 5.97 Å². The number of nitrogens with zero attached hydrogens (tertiary/aromatic N) is 1. The molecule has 112 valence electrons. The number of aromatic nitrogens is 1. The third-order valence-corrected chi connectivity index (χ3v) is 3.87. The monoisotopic (exact) mass is 354 g/mol. The lowest BCUT2D eigenvalue weighted by atomic mass is 10.2. The van der Waals surface area contributed by atoms with Crippen LogP contribution in [0.15, 0.2) is 34.9 Å². The number of hydrogen-bond donors (Lipinski definition) is 1. The second kappa shape index (κ2) is 6.76. The molecule has 1 aromatic carbocycles. The maximum absolute atomic E-state index is 13.4. The average Bonchev–Trinajstić information content (AvgIpc) is 2.81. The highest BCUT2D eigenvalue weighted by atomic mass is 79.9. The van der Waals surface area contributed by atoms with E-state index in [2.05, 4.69) is 15.9 Å². The maximum atomic E-state index is 13.4. The zero-order chi connectivity index (χ0) is 15.4. The minimum atomic E-state index is -0.476. The van der Waals surface area contributed by atoms with Crippen molar-refractivity contribution in [3.05, 3.63) is 52.0 Å². The van der Waals surface area contributed by atoms with E-state index in [-0.39, 0.29) is 12.4 Å². The molecule has 21 heavy (non-hydrogen) atoms. The Morgan fingerprint density at radius 3 is 2.95 bits per heavy atom. The molecule has 4 nitrogen and oxygen atoms in total. The number of nitrogen functional groups attached to an aromatic ring is 1. The van der Waals surface area contributed by atoms with Crippen molar-refractivity contribution in [2.45, 2.75) is 26.5 Å². The van der Waals surface area contributed by atoms with Crippen molar-refractivity contribution in [2.24, 2.45) is 0 Å². The van der Waals surface area contributed by atoms with E-state index in [1.807, 2.05) is 6.92 Å². The Kier molecular flexibility index (Phi) is 5.01. The molecule has 0 fully saturated rings. The van der Waals surface area contributed by atoms with Crippen molar-refractivity contribution in [1.29, 1.82) is 0 Å². The van der Waals surface area contributed by atoms with Crippen LogP contribution >= 0.6 is 15.9 Å². The van der Waals surface area contributed by atoms with Gasteiger partial charge in [0.25, 0.3) is 0 Å². The summed E-state index contributed by atoms with van der Waals surface area (Å²) >= 11 is 3.14. The fourth-order valence-corrected chi connectivity index (χ4v) is 2.39. The van der Waals surface area contributed by atoms with Gasteiger partial charge in [-0.3, -0.25) is 0 Å². The Hall–Kier alpha value is -1.82. The van der Waals surface area contributed by atoms with Gasteiger partial charge in [0.2, 0.25) is 0 Å². The van der Waals surface area contributed by atoms with E-state index in [9.17, 15) is 9.18 Å². The molecule has 1 aromatic heterocycles. The Morgan fingerprint density at radius 2 is 2.24 bits per heavy atom. The molecule has 0 aliphatic heterocycles. The number of benzene rings is 1. The number of rotatable bonds is 5. The second-order valence-corrected chi connectivity index (χ2v) is 5.43. The van der Waals surface area contributed by atoms with Crippen LogP contribution in [0.4, 0.5) is 10.1 Å². The normalized spacial score (nSPS) is 10.6. The van der Waals surface area contributed by atoms with Crippen LogP contribution in [-0.4, -0.2) is 10.5 Å². The third-order valence-electron chi connectivity index (χ3n) is 2.98. The first kappa shape index (κ1) is 15.6. The fraction of sp³-hybridized carbons (Fsp3) is 0.267. The molecule has 2 aromatic rings. The van der Waals surface area contributed by atoms with Gasteiger partial charge in [-0.25, -0.2) is 9.18 Å². The highest BCUT2D eigenvalue weighted by molar-refractivity contribution is 9.10. The zero-order valence-electron chi connectivity index (χ0n) is 11.6. The predicted octanol–water partition coefficient (Wildman–Crippen LogP) is 3.74. The Balaban J connectivity index is 2.10. The Labute approximate surface area is 130 Å². The Morgan fingerprint density at radius 1 is 1.48 bits per heavy atom. The average molecular weight is 355 g/mol. The van der Waals surface area contributed by atoms with E-state index in [0.29, 0.717) is 28.0 Å². The van der Waals surface area contributed by atoms with E-state index in [4.69, 9.17) is 10.5 Å². The minimum Gasteiger partial charge on any atom is -0.456 e. The topological polar surface area (TPSA) is 57.2 Å². The molecule has 6 heteroatoms.